The Morgan fingerprint density at radius 1 is 1.29 bits per heavy atom. The smallest absolute Gasteiger partial charge is 0.335 e. The van der Waals surface area contributed by atoms with Gasteiger partial charge in [0.15, 0.2) is 12.4 Å². The van der Waals surface area contributed by atoms with Gasteiger partial charge >= 0.3 is 5.97 Å². The van der Waals surface area contributed by atoms with Crippen molar-refractivity contribution in [3.8, 4) is 0 Å². The monoisotopic (exact) mass is 207 g/mol. The Balaban J connectivity index is 2.77. The van der Waals surface area contributed by atoms with Crippen LogP contribution in [0.1, 0.15) is 0 Å². The van der Waals surface area contributed by atoms with Crippen LogP contribution in [0.5, 0.6) is 0 Å². The Morgan fingerprint density at radius 3 is 2.29 bits per heavy atom. The van der Waals surface area contributed by atoms with E-state index in [1.165, 1.54) is 7.05 Å². The normalized spacial score (nSPS) is 43.6. The lowest BCUT2D eigenvalue weighted by Gasteiger charge is -2.38. The number of rotatable bonds is 2. The number of carboxylic acid groups (broad SMARTS) is 1. The minimum Gasteiger partial charge on any atom is -0.479 e. The number of aliphatic carboxylic acids is 1. The fourth-order valence-corrected chi connectivity index (χ4v) is 1.39. The van der Waals surface area contributed by atoms with Gasteiger partial charge in [-0.1, -0.05) is 0 Å². The molecule has 7 heteroatoms. The van der Waals surface area contributed by atoms with E-state index in [2.05, 4.69) is 10.1 Å². The highest BCUT2D eigenvalue weighted by molar-refractivity contribution is 5.73. The highest BCUT2D eigenvalue weighted by Crippen LogP contribution is 2.19. The Labute approximate surface area is 79.9 Å². The van der Waals surface area contributed by atoms with Crippen molar-refractivity contribution >= 4 is 5.97 Å². The molecule has 1 saturated heterocycles. The topological polar surface area (TPSA) is 119 Å². The van der Waals surface area contributed by atoms with Gasteiger partial charge in [-0.2, -0.15) is 0 Å². The zero-order valence-corrected chi connectivity index (χ0v) is 7.49. The molecule has 7 nitrogen and oxygen atoms in total. The van der Waals surface area contributed by atoms with Gasteiger partial charge in [-0.3, -0.25) is 0 Å². The number of nitrogens with one attached hydrogen (secondary N) is 1. The van der Waals surface area contributed by atoms with E-state index in [4.69, 9.17) is 5.11 Å². The van der Waals surface area contributed by atoms with Gasteiger partial charge in [-0.25, -0.2) is 4.79 Å². The molecule has 14 heavy (non-hydrogen) atoms. The number of hydrogen-bond acceptors (Lipinski definition) is 6. The number of carbonyl (C=O) groups is 1. The third-order valence-corrected chi connectivity index (χ3v) is 2.20. The Hall–Kier alpha value is -0.730. The zero-order valence-electron chi connectivity index (χ0n) is 7.49. The van der Waals surface area contributed by atoms with Gasteiger partial charge in [0, 0.05) is 0 Å². The molecular weight excluding hydrogens is 194 g/mol. The van der Waals surface area contributed by atoms with Gasteiger partial charge < -0.3 is 30.5 Å². The van der Waals surface area contributed by atoms with Crippen LogP contribution in [0.4, 0.5) is 0 Å². The lowest BCUT2D eigenvalue weighted by molar-refractivity contribution is -0.248. The molecule has 0 aromatic heterocycles. The molecule has 5 atom stereocenters. The van der Waals surface area contributed by atoms with E-state index in [0.29, 0.717) is 0 Å². The molecule has 0 amide bonds. The van der Waals surface area contributed by atoms with E-state index in [-0.39, 0.29) is 0 Å². The minimum absolute atomic E-state index is 0.902. The first-order valence-corrected chi connectivity index (χ1v) is 4.08. The van der Waals surface area contributed by atoms with Gasteiger partial charge in [-0.05, 0) is 7.05 Å². The molecule has 5 N–H and O–H groups in total. The summed E-state index contributed by atoms with van der Waals surface area (Å²) >= 11 is 0. The molecule has 0 aromatic rings. The van der Waals surface area contributed by atoms with Crippen LogP contribution < -0.4 is 5.32 Å². The van der Waals surface area contributed by atoms with E-state index < -0.39 is 36.6 Å². The van der Waals surface area contributed by atoms with Crippen molar-refractivity contribution < 1.29 is 30.0 Å². The summed E-state index contributed by atoms with van der Waals surface area (Å²) in [5.41, 5.74) is 0. The van der Waals surface area contributed by atoms with Crippen LogP contribution in [0.3, 0.4) is 0 Å². The second-order valence-electron chi connectivity index (χ2n) is 3.08. The number of ether oxygens (including phenoxy) is 1. The first kappa shape index (κ1) is 11.3. The van der Waals surface area contributed by atoms with E-state index in [1.54, 1.807) is 0 Å². The van der Waals surface area contributed by atoms with Gasteiger partial charge in [0.25, 0.3) is 0 Å². The molecule has 0 aromatic carbocycles. The van der Waals surface area contributed by atoms with Gasteiger partial charge in [0.05, 0.1) is 6.04 Å². The summed E-state index contributed by atoms with van der Waals surface area (Å²) in [4.78, 5) is 10.5. The van der Waals surface area contributed by atoms with Gasteiger partial charge in [0.2, 0.25) is 0 Å². The van der Waals surface area contributed by atoms with Crippen LogP contribution in [0.25, 0.3) is 0 Å². The van der Waals surface area contributed by atoms with Crippen LogP contribution >= 0.6 is 0 Å². The number of aliphatic hydroxyl groups excluding tert-OH is 3. The molecule has 1 heterocycles. The highest BCUT2D eigenvalue weighted by Gasteiger charge is 2.46. The Morgan fingerprint density at radius 2 is 1.86 bits per heavy atom. The van der Waals surface area contributed by atoms with E-state index >= 15 is 0 Å². The van der Waals surface area contributed by atoms with Crippen LogP contribution in [0.15, 0.2) is 0 Å². The molecule has 0 unspecified atom stereocenters. The molecule has 0 spiro atoms. The molecule has 82 valence electrons. The molecule has 1 aliphatic rings. The second kappa shape index (κ2) is 4.20. The second-order valence-corrected chi connectivity index (χ2v) is 3.08. The summed E-state index contributed by atoms with van der Waals surface area (Å²) in [7, 11) is 1.45. The van der Waals surface area contributed by atoms with Crippen molar-refractivity contribution in [2.45, 2.75) is 30.6 Å². The molecular formula is C7H13NO6. The molecule has 1 rings (SSSR count). The van der Waals surface area contributed by atoms with Crippen molar-refractivity contribution in [1.29, 1.82) is 0 Å². The van der Waals surface area contributed by atoms with Crippen LogP contribution in [-0.4, -0.2) is 64.1 Å². The standard InChI is InChI=1S/C7H13NO6/c1-8-2-3(9)4(10)5(6(11)12)14-7(2)13/h2-5,7-10,13H,1H3,(H,11,12)/t2-,3-,4+,5-,7-/m1/s1. The molecule has 0 saturated carbocycles. The van der Waals surface area contributed by atoms with Crippen molar-refractivity contribution in [2.75, 3.05) is 7.05 Å². The summed E-state index contributed by atoms with van der Waals surface area (Å²) in [6, 6.07) is -0.902. The molecule has 1 fully saturated rings. The van der Waals surface area contributed by atoms with Crippen LogP contribution in [0.2, 0.25) is 0 Å². The maximum Gasteiger partial charge on any atom is 0.335 e. The Kier molecular flexibility index (Phi) is 3.40. The number of carboxylic acids is 1. The summed E-state index contributed by atoms with van der Waals surface area (Å²) < 4.78 is 4.62. The number of likely N-dealkylation sites (N-methyl/N-ethyl adjacent to an activating group) is 1. The summed E-state index contributed by atoms with van der Waals surface area (Å²) in [5, 5.41) is 39.1. The maximum atomic E-state index is 10.5. The van der Waals surface area contributed by atoms with Crippen molar-refractivity contribution in [1.82, 2.24) is 5.32 Å². The maximum absolute atomic E-state index is 10.5. The molecule has 0 bridgehead atoms. The number of hydrogen-bond donors (Lipinski definition) is 5. The third-order valence-electron chi connectivity index (χ3n) is 2.20. The SMILES string of the molecule is CN[C@@H]1[C@@H](O)[C@H](O)[C@H](C(=O)O)O[C@H]1O. The molecule has 0 aliphatic carbocycles. The zero-order chi connectivity index (χ0) is 10.9. The number of aliphatic hydroxyl groups is 3. The van der Waals surface area contributed by atoms with E-state index in [9.17, 15) is 20.1 Å². The summed E-state index contributed by atoms with van der Waals surface area (Å²) in [6.07, 6.45) is -6.01. The quantitative estimate of drug-likeness (QED) is 0.329. The van der Waals surface area contributed by atoms with E-state index in [1.807, 2.05) is 0 Å². The summed E-state index contributed by atoms with van der Waals surface area (Å²) in [5.74, 6) is -1.43. The average molecular weight is 207 g/mol. The van der Waals surface area contributed by atoms with Gasteiger partial charge in [-0.15, -0.1) is 0 Å². The lowest BCUT2D eigenvalue weighted by Crippen LogP contribution is -2.63. The predicted octanol–water partition coefficient (Wildman–Crippen LogP) is -2.90. The third kappa shape index (κ3) is 1.86. The summed E-state index contributed by atoms with van der Waals surface area (Å²) in [6.45, 7) is 0. The van der Waals surface area contributed by atoms with Crippen molar-refractivity contribution in [3.63, 3.8) is 0 Å². The molecule has 1 aliphatic heterocycles. The van der Waals surface area contributed by atoms with Crippen molar-refractivity contribution in [2.24, 2.45) is 0 Å². The highest BCUT2D eigenvalue weighted by atomic mass is 16.6. The van der Waals surface area contributed by atoms with E-state index in [0.717, 1.165) is 0 Å². The van der Waals surface area contributed by atoms with Crippen LogP contribution in [0, 0.1) is 0 Å². The molecule has 0 radical (unpaired) electrons. The predicted molar refractivity (Wildman–Crippen MR) is 43.4 cm³/mol. The van der Waals surface area contributed by atoms with Gasteiger partial charge in [0.1, 0.15) is 12.2 Å². The first-order chi connectivity index (χ1) is 6.49. The largest absolute Gasteiger partial charge is 0.479 e. The first-order valence-electron chi connectivity index (χ1n) is 4.08. The Bertz CT molecular complexity index is 222. The minimum atomic E-state index is -1.61. The fraction of sp³-hybridized carbons (Fsp3) is 0.857. The lowest BCUT2D eigenvalue weighted by atomic mass is 9.97. The van der Waals surface area contributed by atoms with Crippen molar-refractivity contribution in [3.05, 3.63) is 0 Å². The van der Waals surface area contributed by atoms with Crippen LogP contribution in [-0.2, 0) is 9.53 Å². The average Bonchev–Trinajstić information content (AvgIpc) is 2.12. The fourth-order valence-electron chi connectivity index (χ4n) is 1.39.